The molecule has 3 rings (SSSR count). The first-order valence-corrected chi connectivity index (χ1v) is 7.75. The topological polar surface area (TPSA) is 15.3 Å². The lowest BCUT2D eigenvalue weighted by atomic mass is 9.78. The van der Waals surface area contributed by atoms with Crippen molar-refractivity contribution in [2.45, 2.75) is 32.1 Å². The van der Waals surface area contributed by atoms with Crippen LogP contribution in [0, 0.1) is 5.41 Å². The smallest absolute Gasteiger partial charge is 0.00478 e. The predicted octanol–water partition coefficient (Wildman–Crippen LogP) is 3.29. The van der Waals surface area contributed by atoms with E-state index in [1.54, 1.807) is 0 Å². The Morgan fingerprint density at radius 3 is 2.55 bits per heavy atom. The average molecular weight is 295 g/mol. The number of likely N-dealkylation sites (tertiary alicyclic amines) is 1. The molecule has 1 N–H and O–H groups in total. The molecular weight excluding hydrogens is 268 g/mol. The van der Waals surface area contributed by atoms with Gasteiger partial charge >= 0.3 is 0 Å². The minimum Gasteiger partial charge on any atom is -0.317 e. The van der Waals surface area contributed by atoms with Gasteiger partial charge in [0.25, 0.3) is 0 Å². The van der Waals surface area contributed by atoms with Gasteiger partial charge in [0.2, 0.25) is 0 Å². The van der Waals surface area contributed by atoms with E-state index in [1.807, 2.05) is 0 Å². The highest BCUT2D eigenvalue weighted by molar-refractivity contribution is 5.85. The largest absolute Gasteiger partial charge is 0.317 e. The summed E-state index contributed by atoms with van der Waals surface area (Å²) in [5.74, 6) is 0.651. The number of halogens is 1. The lowest BCUT2D eigenvalue weighted by molar-refractivity contribution is 0.193. The molecule has 1 spiro atoms. The first-order chi connectivity index (χ1) is 9.27. The fraction of sp³-hybridized carbons (Fsp3) is 0.647. The Labute approximate surface area is 129 Å². The highest BCUT2D eigenvalue weighted by atomic mass is 35.5. The van der Waals surface area contributed by atoms with Crippen molar-refractivity contribution in [3.8, 4) is 0 Å². The van der Waals surface area contributed by atoms with Crippen LogP contribution in [-0.4, -0.2) is 37.6 Å². The Morgan fingerprint density at radius 1 is 1.15 bits per heavy atom. The van der Waals surface area contributed by atoms with Gasteiger partial charge in [0.15, 0.2) is 0 Å². The van der Waals surface area contributed by atoms with Crippen LogP contribution >= 0.6 is 12.4 Å². The number of nitrogens with zero attached hydrogens (tertiary/aromatic N) is 1. The molecule has 2 aliphatic heterocycles. The van der Waals surface area contributed by atoms with E-state index < -0.39 is 0 Å². The predicted molar refractivity (Wildman–Crippen MR) is 87.7 cm³/mol. The van der Waals surface area contributed by atoms with Crippen LogP contribution < -0.4 is 5.32 Å². The van der Waals surface area contributed by atoms with Crippen LogP contribution in [0.15, 0.2) is 30.3 Å². The maximum Gasteiger partial charge on any atom is 0.00478 e. The maximum absolute atomic E-state index is 3.50. The van der Waals surface area contributed by atoms with Crippen LogP contribution in [-0.2, 0) is 0 Å². The van der Waals surface area contributed by atoms with Gasteiger partial charge in [-0.3, -0.25) is 0 Å². The molecule has 20 heavy (non-hydrogen) atoms. The van der Waals surface area contributed by atoms with E-state index in [9.17, 15) is 0 Å². The molecule has 112 valence electrons. The third-order valence-electron chi connectivity index (χ3n) is 5.08. The summed E-state index contributed by atoms with van der Waals surface area (Å²) in [7, 11) is 0. The van der Waals surface area contributed by atoms with E-state index in [-0.39, 0.29) is 12.4 Å². The van der Waals surface area contributed by atoms with Crippen molar-refractivity contribution in [1.29, 1.82) is 0 Å². The maximum atomic E-state index is 3.50. The van der Waals surface area contributed by atoms with Crippen molar-refractivity contribution in [2.75, 3.05) is 32.7 Å². The first kappa shape index (κ1) is 15.8. The first-order valence-electron chi connectivity index (χ1n) is 7.75. The fourth-order valence-electron chi connectivity index (χ4n) is 3.82. The molecule has 1 aromatic rings. The quantitative estimate of drug-likeness (QED) is 0.920. The summed E-state index contributed by atoms with van der Waals surface area (Å²) < 4.78 is 0. The van der Waals surface area contributed by atoms with Crippen molar-refractivity contribution in [1.82, 2.24) is 10.2 Å². The van der Waals surface area contributed by atoms with Crippen molar-refractivity contribution in [2.24, 2.45) is 5.41 Å². The molecule has 2 nitrogen and oxygen atoms in total. The third kappa shape index (κ3) is 3.55. The molecule has 3 heteroatoms. The van der Waals surface area contributed by atoms with Gasteiger partial charge in [-0.2, -0.15) is 0 Å². The zero-order chi connectivity index (χ0) is 13.1. The van der Waals surface area contributed by atoms with E-state index >= 15 is 0 Å². The molecule has 0 saturated carbocycles. The number of benzene rings is 1. The summed E-state index contributed by atoms with van der Waals surface area (Å²) in [5, 5.41) is 3.50. The molecule has 0 aromatic heterocycles. The van der Waals surface area contributed by atoms with Gasteiger partial charge < -0.3 is 10.2 Å². The van der Waals surface area contributed by atoms with Gasteiger partial charge in [-0.05, 0) is 55.8 Å². The van der Waals surface area contributed by atoms with Gasteiger partial charge in [0, 0.05) is 13.1 Å². The standard InChI is InChI=1S/C17H26N2.ClH/c1-15(16-5-3-2-4-6-16)13-19-12-9-17(14-19)7-10-18-11-8-17;/h2-6,15,18H,7-14H2,1H3;1H. The zero-order valence-electron chi connectivity index (χ0n) is 12.5. The molecule has 1 aromatic carbocycles. The molecule has 0 bridgehead atoms. The Kier molecular flexibility index (Phi) is 5.48. The lowest BCUT2D eigenvalue weighted by Gasteiger charge is -2.34. The molecule has 2 heterocycles. The molecule has 2 aliphatic rings. The van der Waals surface area contributed by atoms with Crippen LogP contribution in [0.1, 0.15) is 37.7 Å². The monoisotopic (exact) mass is 294 g/mol. The summed E-state index contributed by atoms with van der Waals surface area (Å²) in [6.07, 6.45) is 4.17. The van der Waals surface area contributed by atoms with Crippen LogP contribution in [0.2, 0.25) is 0 Å². The minimum absolute atomic E-state index is 0. The number of hydrogen-bond acceptors (Lipinski definition) is 2. The van der Waals surface area contributed by atoms with Crippen molar-refractivity contribution in [3.05, 3.63) is 35.9 Å². The number of nitrogens with one attached hydrogen (secondary N) is 1. The normalized spacial score (nSPS) is 23.4. The van der Waals surface area contributed by atoms with E-state index in [2.05, 4.69) is 47.5 Å². The highest BCUT2D eigenvalue weighted by Crippen LogP contribution is 2.39. The molecule has 2 fully saturated rings. The highest BCUT2D eigenvalue weighted by Gasteiger charge is 2.38. The number of piperidine rings is 1. The molecule has 0 aliphatic carbocycles. The zero-order valence-corrected chi connectivity index (χ0v) is 13.3. The SMILES string of the molecule is CC(CN1CCC2(CCNCC2)C1)c1ccccc1.Cl. The summed E-state index contributed by atoms with van der Waals surface area (Å²) in [4.78, 5) is 2.70. The van der Waals surface area contributed by atoms with Gasteiger partial charge in [0.1, 0.15) is 0 Å². The minimum atomic E-state index is 0. The summed E-state index contributed by atoms with van der Waals surface area (Å²) in [5.41, 5.74) is 2.12. The molecule has 2 saturated heterocycles. The van der Waals surface area contributed by atoms with Crippen LogP contribution in [0.3, 0.4) is 0 Å². The third-order valence-corrected chi connectivity index (χ3v) is 5.08. The van der Waals surface area contributed by atoms with Crippen LogP contribution in [0.25, 0.3) is 0 Å². The van der Waals surface area contributed by atoms with E-state index in [4.69, 9.17) is 0 Å². The fourth-order valence-corrected chi connectivity index (χ4v) is 3.82. The van der Waals surface area contributed by atoms with Crippen molar-refractivity contribution in [3.63, 3.8) is 0 Å². The average Bonchev–Trinajstić information content (AvgIpc) is 2.83. The second kappa shape index (κ2) is 6.93. The number of hydrogen-bond donors (Lipinski definition) is 1. The van der Waals surface area contributed by atoms with E-state index in [1.165, 1.54) is 57.5 Å². The molecule has 1 unspecified atom stereocenters. The van der Waals surface area contributed by atoms with Crippen molar-refractivity contribution >= 4 is 12.4 Å². The van der Waals surface area contributed by atoms with Gasteiger partial charge in [-0.15, -0.1) is 12.4 Å². The molecule has 0 amide bonds. The Bertz CT molecular complexity index is 401. The van der Waals surface area contributed by atoms with Gasteiger partial charge in [-0.1, -0.05) is 37.3 Å². The molecular formula is C17H27ClN2. The van der Waals surface area contributed by atoms with E-state index in [0.29, 0.717) is 11.3 Å². The second-order valence-electron chi connectivity index (χ2n) is 6.55. The summed E-state index contributed by atoms with van der Waals surface area (Å²) >= 11 is 0. The Balaban J connectivity index is 0.00000147. The van der Waals surface area contributed by atoms with Crippen molar-refractivity contribution < 1.29 is 0 Å². The number of rotatable bonds is 3. The van der Waals surface area contributed by atoms with Crippen LogP contribution in [0.4, 0.5) is 0 Å². The molecule has 1 atom stereocenters. The second-order valence-corrected chi connectivity index (χ2v) is 6.55. The lowest BCUT2D eigenvalue weighted by Crippen LogP contribution is -2.39. The Hall–Kier alpha value is -0.570. The van der Waals surface area contributed by atoms with Gasteiger partial charge in [0.05, 0.1) is 0 Å². The van der Waals surface area contributed by atoms with E-state index in [0.717, 1.165) is 0 Å². The summed E-state index contributed by atoms with van der Waals surface area (Å²) in [6.45, 7) is 8.66. The van der Waals surface area contributed by atoms with Gasteiger partial charge in [-0.25, -0.2) is 0 Å². The van der Waals surface area contributed by atoms with Crippen LogP contribution in [0.5, 0.6) is 0 Å². The molecule has 0 radical (unpaired) electrons. The Morgan fingerprint density at radius 2 is 1.85 bits per heavy atom. The summed E-state index contributed by atoms with van der Waals surface area (Å²) in [6, 6.07) is 11.0.